The number of hydrogen-bond acceptors (Lipinski definition) is 4. The molecule has 0 radical (unpaired) electrons. The largest absolute Gasteiger partial charge is 0.481 e. The van der Waals surface area contributed by atoms with E-state index in [9.17, 15) is 9.59 Å². The minimum absolute atomic E-state index is 0.139. The van der Waals surface area contributed by atoms with Crippen molar-refractivity contribution in [2.45, 2.75) is 117 Å². The Morgan fingerprint density at radius 2 is 0.926 bits per heavy atom. The van der Waals surface area contributed by atoms with Gasteiger partial charge in [0.2, 0.25) is 0 Å². The van der Waals surface area contributed by atoms with Crippen LogP contribution in [0.1, 0.15) is 111 Å². The third-order valence-electron chi connectivity index (χ3n) is 3.75. The maximum Gasteiger partial charge on any atom is 0.303 e. The summed E-state index contributed by atoms with van der Waals surface area (Å²) in [5.41, 5.74) is 0. The molecule has 27 heavy (non-hydrogen) atoms. The highest BCUT2D eigenvalue weighted by Gasteiger charge is 1.96. The number of carboxylic acid groups (broad SMARTS) is 2. The molecule has 0 spiro atoms. The molecule has 0 aromatic carbocycles. The van der Waals surface area contributed by atoms with E-state index in [2.05, 4.69) is 13.8 Å². The highest BCUT2D eigenvalue weighted by atomic mass is 16.4. The zero-order valence-electron chi connectivity index (χ0n) is 17.8. The van der Waals surface area contributed by atoms with Crippen molar-refractivity contribution in [3.05, 3.63) is 0 Å². The molecule has 0 rings (SSSR count). The lowest BCUT2D eigenvalue weighted by Gasteiger charge is -1.98. The number of hydrogen-bond donors (Lipinski definition) is 4. The van der Waals surface area contributed by atoms with Gasteiger partial charge >= 0.3 is 11.9 Å². The number of aliphatic hydroxyl groups is 2. The van der Waals surface area contributed by atoms with Crippen LogP contribution in [0.3, 0.4) is 0 Å². The molecule has 0 aromatic heterocycles. The Bertz CT molecular complexity index is 305. The van der Waals surface area contributed by atoms with Gasteiger partial charge in [0.1, 0.15) is 0 Å². The topological polar surface area (TPSA) is 115 Å². The van der Waals surface area contributed by atoms with Gasteiger partial charge < -0.3 is 20.4 Å². The van der Waals surface area contributed by atoms with Crippen LogP contribution in [0.15, 0.2) is 0 Å². The van der Waals surface area contributed by atoms with Gasteiger partial charge in [-0.25, -0.2) is 0 Å². The molecule has 0 saturated heterocycles. The highest BCUT2D eigenvalue weighted by molar-refractivity contribution is 5.66. The van der Waals surface area contributed by atoms with Crippen molar-refractivity contribution in [3.8, 4) is 0 Å². The standard InChI is InChI=1S/C10H20O2.C8H16O2.C3H8O2/c1-2-3-4-5-6-7-8-9-10(11)12;1-2-3-4-5-6-7-8(9)10;1-3(5)2-4/h2-9H2,1H3,(H,11,12);2-7H2,1H3,(H,9,10);3-5H,2H2,1H3. The fraction of sp³-hybridized carbons (Fsp3) is 0.905. The predicted octanol–water partition coefficient (Wildman–Crippen LogP) is 5.00. The lowest BCUT2D eigenvalue weighted by molar-refractivity contribution is -0.138. The summed E-state index contributed by atoms with van der Waals surface area (Å²) in [6.07, 6.45) is 14.0. The van der Waals surface area contributed by atoms with Gasteiger partial charge in [-0.05, 0) is 19.8 Å². The van der Waals surface area contributed by atoms with Gasteiger partial charge in [0.05, 0.1) is 12.7 Å². The lowest BCUT2D eigenvalue weighted by Crippen LogP contribution is -2.03. The number of rotatable bonds is 15. The van der Waals surface area contributed by atoms with Crippen molar-refractivity contribution < 1.29 is 30.0 Å². The second-order valence-corrected chi connectivity index (χ2v) is 6.85. The van der Waals surface area contributed by atoms with Gasteiger partial charge in [0.25, 0.3) is 0 Å². The third-order valence-corrected chi connectivity index (χ3v) is 3.75. The van der Waals surface area contributed by atoms with Gasteiger partial charge in [-0.15, -0.1) is 0 Å². The Labute approximate surface area is 166 Å². The smallest absolute Gasteiger partial charge is 0.303 e. The van der Waals surface area contributed by atoms with E-state index in [1.165, 1.54) is 58.3 Å². The van der Waals surface area contributed by atoms with E-state index in [1.807, 2.05) is 0 Å². The van der Waals surface area contributed by atoms with E-state index in [0.29, 0.717) is 12.8 Å². The first-order valence-corrected chi connectivity index (χ1v) is 10.5. The van der Waals surface area contributed by atoms with Crippen molar-refractivity contribution in [3.63, 3.8) is 0 Å². The number of aliphatic hydroxyl groups excluding tert-OH is 2. The van der Waals surface area contributed by atoms with E-state index < -0.39 is 18.0 Å². The summed E-state index contributed by atoms with van der Waals surface area (Å²) in [5.74, 6) is -1.33. The average Bonchev–Trinajstić information content (AvgIpc) is 2.61. The Kier molecular flexibility index (Phi) is 30.7. The molecule has 6 heteroatoms. The molecule has 6 nitrogen and oxygen atoms in total. The van der Waals surface area contributed by atoms with Crippen molar-refractivity contribution in [1.29, 1.82) is 0 Å². The van der Waals surface area contributed by atoms with Crippen LogP contribution in [0.2, 0.25) is 0 Å². The first-order valence-electron chi connectivity index (χ1n) is 10.5. The molecule has 0 heterocycles. The summed E-state index contributed by atoms with van der Waals surface area (Å²) in [5, 5.41) is 32.6. The van der Waals surface area contributed by atoms with E-state index in [4.69, 9.17) is 20.4 Å². The van der Waals surface area contributed by atoms with Crippen LogP contribution in [0.4, 0.5) is 0 Å². The first kappa shape index (κ1) is 30.6. The number of carbonyl (C=O) groups is 2. The van der Waals surface area contributed by atoms with Crippen LogP contribution in [0.25, 0.3) is 0 Å². The second-order valence-electron chi connectivity index (χ2n) is 6.85. The average molecular weight is 393 g/mol. The minimum Gasteiger partial charge on any atom is -0.481 e. The number of aliphatic carboxylic acids is 2. The molecule has 1 unspecified atom stereocenters. The molecule has 0 saturated carbocycles. The molecule has 1 atom stereocenters. The quantitative estimate of drug-likeness (QED) is 0.291. The van der Waals surface area contributed by atoms with E-state index in [0.717, 1.165) is 25.7 Å². The van der Waals surface area contributed by atoms with Gasteiger partial charge in [-0.3, -0.25) is 9.59 Å². The SMILES string of the molecule is CC(O)CO.CCCCCCCC(=O)O.CCCCCCCCCC(=O)O. The summed E-state index contributed by atoms with van der Waals surface area (Å²) in [4.78, 5) is 20.2. The molecule has 0 bridgehead atoms. The summed E-state index contributed by atoms with van der Waals surface area (Å²) in [6, 6.07) is 0. The fourth-order valence-electron chi connectivity index (χ4n) is 2.11. The molecule has 4 N–H and O–H groups in total. The zero-order valence-corrected chi connectivity index (χ0v) is 17.8. The van der Waals surface area contributed by atoms with Crippen LogP contribution in [0, 0.1) is 0 Å². The molecule has 164 valence electrons. The van der Waals surface area contributed by atoms with E-state index in [1.54, 1.807) is 0 Å². The highest BCUT2D eigenvalue weighted by Crippen LogP contribution is 2.08. The van der Waals surface area contributed by atoms with Crippen LogP contribution >= 0.6 is 0 Å². The van der Waals surface area contributed by atoms with Crippen LogP contribution in [0.5, 0.6) is 0 Å². The maximum atomic E-state index is 10.1. The van der Waals surface area contributed by atoms with Crippen LogP contribution in [-0.2, 0) is 9.59 Å². The molecule has 0 aliphatic rings. The molecular weight excluding hydrogens is 348 g/mol. The van der Waals surface area contributed by atoms with E-state index in [-0.39, 0.29) is 6.61 Å². The molecule has 0 fully saturated rings. The molecule has 0 aromatic rings. The molecule has 0 amide bonds. The van der Waals surface area contributed by atoms with Crippen molar-refractivity contribution in [2.24, 2.45) is 0 Å². The number of unbranched alkanes of at least 4 members (excludes halogenated alkanes) is 10. The normalized spacial score (nSPS) is 10.9. The Hall–Kier alpha value is -1.14. The second kappa shape index (κ2) is 27.1. The van der Waals surface area contributed by atoms with E-state index >= 15 is 0 Å². The predicted molar refractivity (Wildman–Crippen MR) is 110 cm³/mol. The monoisotopic (exact) mass is 392 g/mol. The molecular formula is C21H44O6. The Morgan fingerprint density at radius 3 is 1.15 bits per heavy atom. The Balaban J connectivity index is -0.000000347. The van der Waals surface area contributed by atoms with Gasteiger partial charge in [0, 0.05) is 12.8 Å². The van der Waals surface area contributed by atoms with Crippen molar-refractivity contribution in [2.75, 3.05) is 6.61 Å². The first-order chi connectivity index (χ1) is 12.8. The van der Waals surface area contributed by atoms with Gasteiger partial charge in [0.15, 0.2) is 0 Å². The summed E-state index contributed by atoms with van der Waals surface area (Å²) in [7, 11) is 0. The zero-order chi connectivity index (χ0) is 21.3. The van der Waals surface area contributed by atoms with Crippen LogP contribution < -0.4 is 0 Å². The molecule has 0 aliphatic carbocycles. The van der Waals surface area contributed by atoms with Crippen LogP contribution in [-0.4, -0.2) is 45.1 Å². The summed E-state index contributed by atoms with van der Waals surface area (Å²) in [6.45, 7) is 5.74. The maximum absolute atomic E-state index is 10.1. The van der Waals surface area contributed by atoms with Gasteiger partial charge in [-0.1, -0.05) is 78.1 Å². The minimum atomic E-state index is -0.670. The van der Waals surface area contributed by atoms with Gasteiger partial charge in [-0.2, -0.15) is 0 Å². The third kappa shape index (κ3) is 45.7. The van der Waals surface area contributed by atoms with Crippen molar-refractivity contribution in [1.82, 2.24) is 0 Å². The lowest BCUT2D eigenvalue weighted by atomic mass is 10.1. The summed E-state index contributed by atoms with van der Waals surface area (Å²) < 4.78 is 0. The summed E-state index contributed by atoms with van der Waals surface area (Å²) >= 11 is 0. The van der Waals surface area contributed by atoms with Crippen molar-refractivity contribution >= 4 is 11.9 Å². The fourth-order valence-corrected chi connectivity index (χ4v) is 2.11. The number of carboxylic acids is 2. The molecule has 0 aliphatic heterocycles. The Morgan fingerprint density at radius 1 is 0.667 bits per heavy atom.